The highest BCUT2D eigenvalue weighted by Crippen LogP contribution is 2.20. The molecule has 2 aromatic rings. The number of halogens is 1. The molecule has 3 rings (SSSR count). The van der Waals surface area contributed by atoms with E-state index in [9.17, 15) is 9.59 Å². The van der Waals surface area contributed by atoms with Gasteiger partial charge in [-0.1, -0.05) is 11.6 Å². The van der Waals surface area contributed by atoms with Crippen LogP contribution >= 0.6 is 11.6 Å². The first-order valence-corrected chi connectivity index (χ1v) is 7.94. The van der Waals surface area contributed by atoms with Crippen molar-refractivity contribution < 1.29 is 14.3 Å². The highest BCUT2D eigenvalue weighted by atomic mass is 35.5. The van der Waals surface area contributed by atoms with Crippen molar-refractivity contribution in [1.29, 1.82) is 0 Å². The number of ether oxygens (including phenoxy) is 1. The number of piperidine rings is 1. The van der Waals surface area contributed by atoms with Crippen LogP contribution in [0.1, 0.15) is 30.3 Å². The van der Waals surface area contributed by atoms with Gasteiger partial charge in [-0.2, -0.15) is 5.10 Å². The van der Waals surface area contributed by atoms with Gasteiger partial charge in [0.15, 0.2) is 5.65 Å². The van der Waals surface area contributed by atoms with E-state index in [-0.39, 0.29) is 17.8 Å². The van der Waals surface area contributed by atoms with Crippen LogP contribution in [0.3, 0.4) is 0 Å². The second-order valence-corrected chi connectivity index (χ2v) is 5.79. The van der Waals surface area contributed by atoms with Gasteiger partial charge in [-0.05, 0) is 31.9 Å². The number of aromatic nitrogens is 3. The Morgan fingerprint density at radius 3 is 2.78 bits per heavy atom. The Labute approximate surface area is 138 Å². The number of imidazole rings is 1. The summed E-state index contributed by atoms with van der Waals surface area (Å²) in [7, 11) is 0. The van der Waals surface area contributed by atoms with Gasteiger partial charge in [-0.3, -0.25) is 9.59 Å². The molecule has 1 fully saturated rings. The molecule has 23 heavy (non-hydrogen) atoms. The van der Waals surface area contributed by atoms with Gasteiger partial charge in [0.2, 0.25) is 0 Å². The third-order valence-electron chi connectivity index (χ3n) is 3.91. The Morgan fingerprint density at radius 1 is 1.35 bits per heavy atom. The Morgan fingerprint density at radius 2 is 2.09 bits per heavy atom. The average Bonchev–Trinajstić information content (AvgIpc) is 2.97. The molecule has 0 saturated carbocycles. The maximum absolute atomic E-state index is 12.5. The fourth-order valence-corrected chi connectivity index (χ4v) is 2.85. The molecule has 0 radical (unpaired) electrons. The van der Waals surface area contributed by atoms with E-state index in [1.807, 2.05) is 0 Å². The Hall–Kier alpha value is -2.15. The summed E-state index contributed by atoms with van der Waals surface area (Å²) in [5, 5.41) is 4.40. The number of carbonyl (C=O) groups is 2. The molecule has 0 aliphatic carbocycles. The molecule has 8 heteroatoms. The number of carbonyl (C=O) groups excluding carboxylic acids is 2. The standard InChI is InChI=1S/C15H17ClN4O3/c1-2-23-15(22)10-5-7-19(8-6-10)14(21)11-9-20-13(17-11)4-3-12(16)18-20/h3-4,9-10H,2,5-8H2,1H3. The van der Waals surface area contributed by atoms with Crippen LogP contribution in [0.5, 0.6) is 0 Å². The fourth-order valence-electron chi connectivity index (χ4n) is 2.70. The predicted molar refractivity (Wildman–Crippen MR) is 83.3 cm³/mol. The van der Waals surface area contributed by atoms with Gasteiger partial charge in [0.1, 0.15) is 10.8 Å². The van der Waals surface area contributed by atoms with E-state index < -0.39 is 0 Å². The summed E-state index contributed by atoms with van der Waals surface area (Å²) in [6.45, 7) is 3.21. The number of likely N-dealkylation sites (tertiary alicyclic amines) is 1. The van der Waals surface area contributed by atoms with Crippen LogP contribution in [0.15, 0.2) is 18.3 Å². The molecule has 0 bridgehead atoms. The van der Waals surface area contributed by atoms with Crippen molar-refractivity contribution in [3.8, 4) is 0 Å². The molecule has 1 aliphatic heterocycles. The number of amides is 1. The topological polar surface area (TPSA) is 76.8 Å². The van der Waals surface area contributed by atoms with Gasteiger partial charge >= 0.3 is 5.97 Å². The summed E-state index contributed by atoms with van der Waals surface area (Å²) in [6.07, 6.45) is 2.80. The second kappa shape index (κ2) is 6.54. The number of hydrogen-bond acceptors (Lipinski definition) is 5. The molecule has 1 amide bonds. The molecule has 0 unspecified atom stereocenters. The van der Waals surface area contributed by atoms with Crippen molar-refractivity contribution in [1.82, 2.24) is 19.5 Å². The normalized spacial score (nSPS) is 15.8. The van der Waals surface area contributed by atoms with Gasteiger partial charge < -0.3 is 9.64 Å². The van der Waals surface area contributed by atoms with Crippen molar-refractivity contribution in [3.05, 3.63) is 29.2 Å². The monoisotopic (exact) mass is 336 g/mol. The molecule has 0 N–H and O–H groups in total. The molecule has 7 nitrogen and oxygen atoms in total. The zero-order chi connectivity index (χ0) is 16.4. The zero-order valence-corrected chi connectivity index (χ0v) is 13.5. The van der Waals surface area contributed by atoms with Crippen molar-refractivity contribution in [2.45, 2.75) is 19.8 Å². The van der Waals surface area contributed by atoms with Crippen molar-refractivity contribution >= 4 is 29.1 Å². The van der Waals surface area contributed by atoms with Gasteiger partial charge in [0.25, 0.3) is 5.91 Å². The summed E-state index contributed by atoms with van der Waals surface area (Å²) in [5.74, 6) is -0.458. The molecule has 2 aromatic heterocycles. The maximum atomic E-state index is 12.5. The maximum Gasteiger partial charge on any atom is 0.309 e. The lowest BCUT2D eigenvalue weighted by Crippen LogP contribution is -2.40. The quantitative estimate of drug-likeness (QED) is 0.799. The van der Waals surface area contributed by atoms with E-state index >= 15 is 0 Å². The SMILES string of the molecule is CCOC(=O)C1CCN(C(=O)c2cn3nc(Cl)ccc3n2)CC1. The Bertz CT molecular complexity index is 737. The van der Waals surface area contributed by atoms with Gasteiger partial charge in [-0.15, -0.1) is 0 Å². The number of rotatable bonds is 3. The first-order valence-electron chi connectivity index (χ1n) is 7.56. The Balaban J connectivity index is 1.67. The van der Waals surface area contributed by atoms with Crippen molar-refractivity contribution in [2.24, 2.45) is 5.92 Å². The summed E-state index contributed by atoms with van der Waals surface area (Å²) < 4.78 is 6.52. The van der Waals surface area contributed by atoms with Crippen LogP contribution in [0.25, 0.3) is 5.65 Å². The average molecular weight is 337 g/mol. The fraction of sp³-hybridized carbons (Fsp3) is 0.467. The lowest BCUT2D eigenvalue weighted by atomic mass is 9.97. The molecular weight excluding hydrogens is 320 g/mol. The number of hydrogen-bond donors (Lipinski definition) is 0. The third kappa shape index (κ3) is 3.29. The predicted octanol–water partition coefficient (Wildman–Crippen LogP) is 1.80. The van der Waals surface area contributed by atoms with Gasteiger partial charge in [0.05, 0.1) is 18.7 Å². The summed E-state index contributed by atoms with van der Waals surface area (Å²) in [6, 6.07) is 3.34. The van der Waals surface area contributed by atoms with E-state index in [4.69, 9.17) is 16.3 Å². The second-order valence-electron chi connectivity index (χ2n) is 5.40. The van der Waals surface area contributed by atoms with E-state index in [1.165, 1.54) is 4.52 Å². The molecule has 1 aliphatic rings. The molecule has 3 heterocycles. The lowest BCUT2D eigenvalue weighted by molar-refractivity contribution is -0.149. The van der Waals surface area contributed by atoms with E-state index in [0.717, 1.165) is 0 Å². The highest BCUT2D eigenvalue weighted by molar-refractivity contribution is 6.29. The van der Waals surface area contributed by atoms with Crippen LogP contribution < -0.4 is 0 Å². The van der Waals surface area contributed by atoms with Crippen LogP contribution in [0.2, 0.25) is 5.15 Å². The van der Waals surface area contributed by atoms with Crippen molar-refractivity contribution in [3.63, 3.8) is 0 Å². The lowest BCUT2D eigenvalue weighted by Gasteiger charge is -2.30. The summed E-state index contributed by atoms with van der Waals surface area (Å²) >= 11 is 5.83. The van der Waals surface area contributed by atoms with Crippen LogP contribution in [0.4, 0.5) is 0 Å². The zero-order valence-electron chi connectivity index (χ0n) is 12.7. The molecule has 0 atom stereocenters. The molecule has 0 spiro atoms. The van der Waals surface area contributed by atoms with Crippen LogP contribution in [-0.4, -0.2) is 51.1 Å². The van der Waals surface area contributed by atoms with E-state index in [0.29, 0.717) is 49.0 Å². The summed E-state index contributed by atoms with van der Waals surface area (Å²) in [5.41, 5.74) is 0.897. The van der Waals surface area contributed by atoms with Gasteiger partial charge in [-0.25, -0.2) is 9.50 Å². The van der Waals surface area contributed by atoms with E-state index in [1.54, 1.807) is 30.2 Å². The minimum absolute atomic E-state index is 0.124. The molecule has 0 aromatic carbocycles. The highest BCUT2D eigenvalue weighted by Gasteiger charge is 2.29. The Kier molecular flexibility index (Phi) is 4.47. The minimum Gasteiger partial charge on any atom is -0.466 e. The number of esters is 1. The van der Waals surface area contributed by atoms with Crippen LogP contribution in [-0.2, 0) is 9.53 Å². The minimum atomic E-state index is -0.175. The third-order valence-corrected chi connectivity index (χ3v) is 4.11. The first-order chi connectivity index (χ1) is 11.1. The molecule has 122 valence electrons. The van der Waals surface area contributed by atoms with Crippen molar-refractivity contribution in [2.75, 3.05) is 19.7 Å². The largest absolute Gasteiger partial charge is 0.466 e. The molecular formula is C15H17ClN4O3. The summed E-state index contributed by atoms with van der Waals surface area (Å²) in [4.78, 5) is 30.2. The first kappa shape index (κ1) is 15.7. The smallest absolute Gasteiger partial charge is 0.309 e. The van der Waals surface area contributed by atoms with Gasteiger partial charge in [0, 0.05) is 13.1 Å². The van der Waals surface area contributed by atoms with Crippen LogP contribution in [0, 0.1) is 5.92 Å². The van der Waals surface area contributed by atoms with E-state index in [2.05, 4.69) is 10.1 Å². The molecule has 1 saturated heterocycles. The number of fused-ring (bicyclic) bond motifs is 1. The number of nitrogens with zero attached hydrogens (tertiary/aromatic N) is 4.